The summed E-state index contributed by atoms with van der Waals surface area (Å²) in [5.41, 5.74) is 17.1. The Morgan fingerprint density at radius 3 is 2.32 bits per heavy atom. The Kier molecular flexibility index (Phi) is 4.31. The molecule has 0 fully saturated rings. The van der Waals surface area contributed by atoms with E-state index in [9.17, 15) is 0 Å². The molecule has 0 spiro atoms. The van der Waals surface area contributed by atoms with Crippen LogP contribution in [0, 0.1) is 6.92 Å². The van der Waals surface area contributed by atoms with Gasteiger partial charge in [0.15, 0.2) is 17.5 Å². The number of fused-ring (bicyclic) bond motifs is 1. The molecule has 0 aliphatic heterocycles. The largest absolute Gasteiger partial charge is 0.493 e. The van der Waals surface area contributed by atoms with Gasteiger partial charge < -0.3 is 26.7 Å². The lowest BCUT2D eigenvalue weighted by Gasteiger charge is -2.09. The standard InChI is InChI=1S/C14H19N6O2/c1-8-10-7-12(22-3)11(21-2)6-9(10)4-5-20(8)19-14(17)18-13(15)16/h4-7H,1-3H3,(H6,15,16,17,18,19)/q+1. The lowest BCUT2D eigenvalue weighted by atomic mass is 10.1. The highest BCUT2D eigenvalue weighted by atomic mass is 16.5. The van der Waals surface area contributed by atoms with Crippen LogP contribution >= 0.6 is 0 Å². The number of aromatic nitrogens is 1. The summed E-state index contributed by atoms with van der Waals surface area (Å²) < 4.78 is 12.2. The summed E-state index contributed by atoms with van der Waals surface area (Å²) in [4.78, 5) is 3.69. The van der Waals surface area contributed by atoms with E-state index < -0.39 is 0 Å². The smallest absolute Gasteiger partial charge is 0.289 e. The van der Waals surface area contributed by atoms with E-state index in [-0.39, 0.29) is 11.9 Å². The lowest BCUT2D eigenvalue weighted by Crippen LogP contribution is -2.35. The SMILES string of the molecule is COc1cc2cc[n+](/N=C(\N)N=C(N)N)c(C)c2cc1OC. The number of hydrogen-bond donors (Lipinski definition) is 3. The third kappa shape index (κ3) is 3.00. The van der Waals surface area contributed by atoms with Gasteiger partial charge in [-0.1, -0.05) is 4.68 Å². The molecule has 2 rings (SSSR count). The molecular weight excluding hydrogens is 284 g/mol. The lowest BCUT2D eigenvalue weighted by molar-refractivity contribution is -0.683. The molecule has 1 heterocycles. The Balaban J connectivity index is 2.61. The average Bonchev–Trinajstić information content (AvgIpc) is 2.48. The van der Waals surface area contributed by atoms with Gasteiger partial charge in [0, 0.05) is 18.1 Å². The van der Waals surface area contributed by atoms with Gasteiger partial charge in [0.1, 0.15) is 0 Å². The fourth-order valence-electron chi connectivity index (χ4n) is 2.11. The zero-order valence-corrected chi connectivity index (χ0v) is 12.7. The predicted molar refractivity (Wildman–Crippen MR) is 84.8 cm³/mol. The second-order valence-corrected chi connectivity index (χ2v) is 4.54. The van der Waals surface area contributed by atoms with Crippen molar-refractivity contribution >= 4 is 22.7 Å². The molecule has 0 amide bonds. The number of pyridine rings is 1. The minimum Gasteiger partial charge on any atom is -0.493 e. The normalized spacial score (nSPS) is 11.3. The predicted octanol–water partition coefficient (Wildman–Crippen LogP) is -0.196. The minimum absolute atomic E-state index is 0.0343. The number of aryl methyl sites for hydroxylation is 1. The van der Waals surface area contributed by atoms with E-state index in [1.54, 1.807) is 25.1 Å². The quantitative estimate of drug-likeness (QED) is 0.411. The molecular formula is C14H19N6O2+. The molecule has 0 unspecified atom stereocenters. The molecule has 2 aromatic rings. The Morgan fingerprint density at radius 2 is 1.73 bits per heavy atom. The van der Waals surface area contributed by atoms with Crippen molar-refractivity contribution in [3.05, 3.63) is 30.1 Å². The zero-order chi connectivity index (χ0) is 16.3. The number of aliphatic imine (C=N–C) groups is 1. The van der Waals surface area contributed by atoms with Gasteiger partial charge in [-0.05, 0) is 17.5 Å². The maximum atomic E-state index is 5.66. The van der Waals surface area contributed by atoms with E-state index in [1.165, 1.54) is 0 Å². The van der Waals surface area contributed by atoms with Crippen molar-refractivity contribution in [2.24, 2.45) is 27.3 Å². The number of benzene rings is 1. The van der Waals surface area contributed by atoms with Crippen molar-refractivity contribution in [3.63, 3.8) is 0 Å². The van der Waals surface area contributed by atoms with E-state index in [2.05, 4.69) is 10.1 Å². The van der Waals surface area contributed by atoms with Crippen LogP contribution in [-0.2, 0) is 0 Å². The van der Waals surface area contributed by atoms with E-state index in [1.807, 2.05) is 25.1 Å². The molecule has 0 aliphatic carbocycles. The Bertz CT molecular complexity index is 766. The summed E-state index contributed by atoms with van der Waals surface area (Å²) >= 11 is 0. The molecule has 22 heavy (non-hydrogen) atoms. The maximum absolute atomic E-state index is 5.66. The minimum atomic E-state index is -0.147. The number of guanidine groups is 2. The van der Waals surface area contributed by atoms with Crippen LogP contribution in [0.5, 0.6) is 11.5 Å². The van der Waals surface area contributed by atoms with Crippen LogP contribution in [0.4, 0.5) is 0 Å². The van der Waals surface area contributed by atoms with Crippen LogP contribution in [-0.4, -0.2) is 26.1 Å². The molecule has 0 aliphatic rings. The third-order valence-corrected chi connectivity index (χ3v) is 3.14. The van der Waals surface area contributed by atoms with E-state index in [4.69, 9.17) is 26.7 Å². The molecule has 1 aromatic carbocycles. The average molecular weight is 303 g/mol. The van der Waals surface area contributed by atoms with Crippen molar-refractivity contribution in [2.45, 2.75) is 6.92 Å². The molecule has 8 nitrogen and oxygen atoms in total. The second-order valence-electron chi connectivity index (χ2n) is 4.54. The van der Waals surface area contributed by atoms with Gasteiger partial charge in [-0.2, -0.15) is 4.99 Å². The summed E-state index contributed by atoms with van der Waals surface area (Å²) in [6.45, 7) is 1.90. The van der Waals surface area contributed by atoms with Crippen LogP contribution in [0.1, 0.15) is 5.69 Å². The summed E-state index contributed by atoms with van der Waals surface area (Å²) in [5, 5.41) is 6.07. The number of hydrogen-bond acceptors (Lipinski definition) is 3. The second kappa shape index (κ2) is 6.17. The molecule has 6 N–H and O–H groups in total. The van der Waals surface area contributed by atoms with Crippen molar-refractivity contribution in [3.8, 4) is 11.5 Å². The van der Waals surface area contributed by atoms with Gasteiger partial charge in [-0.15, -0.1) is 0 Å². The van der Waals surface area contributed by atoms with Crippen molar-refractivity contribution in [1.29, 1.82) is 0 Å². The first-order chi connectivity index (χ1) is 10.5. The zero-order valence-electron chi connectivity index (χ0n) is 12.7. The highest BCUT2D eigenvalue weighted by Crippen LogP contribution is 2.32. The summed E-state index contributed by atoms with van der Waals surface area (Å²) in [7, 11) is 3.19. The van der Waals surface area contributed by atoms with Crippen molar-refractivity contribution in [2.75, 3.05) is 14.2 Å². The van der Waals surface area contributed by atoms with Gasteiger partial charge in [-0.3, -0.25) is 0 Å². The number of nitrogens with zero attached hydrogens (tertiary/aromatic N) is 3. The highest BCUT2D eigenvalue weighted by molar-refractivity contribution is 5.92. The first-order valence-electron chi connectivity index (χ1n) is 6.47. The molecule has 1 aromatic heterocycles. The molecule has 0 saturated heterocycles. The van der Waals surface area contributed by atoms with Crippen LogP contribution in [0.3, 0.4) is 0 Å². The Hall–Kier alpha value is -3.03. The first-order valence-corrected chi connectivity index (χ1v) is 6.47. The van der Waals surface area contributed by atoms with Gasteiger partial charge in [0.05, 0.1) is 19.6 Å². The van der Waals surface area contributed by atoms with Gasteiger partial charge in [-0.25, -0.2) is 0 Å². The number of ether oxygens (including phenoxy) is 2. The fraction of sp³-hybridized carbons (Fsp3) is 0.214. The molecule has 0 saturated carbocycles. The van der Waals surface area contributed by atoms with Crippen LogP contribution in [0.25, 0.3) is 10.8 Å². The maximum Gasteiger partial charge on any atom is 0.289 e. The van der Waals surface area contributed by atoms with Gasteiger partial charge >= 0.3 is 0 Å². The monoisotopic (exact) mass is 303 g/mol. The van der Waals surface area contributed by atoms with Crippen molar-refractivity contribution in [1.82, 2.24) is 0 Å². The molecule has 0 radical (unpaired) electrons. The van der Waals surface area contributed by atoms with E-state index in [0.29, 0.717) is 11.5 Å². The first kappa shape index (κ1) is 15.4. The molecule has 116 valence electrons. The summed E-state index contributed by atoms with van der Waals surface area (Å²) in [6, 6.07) is 5.66. The van der Waals surface area contributed by atoms with Crippen LogP contribution in [0.2, 0.25) is 0 Å². The third-order valence-electron chi connectivity index (χ3n) is 3.14. The highest BCUT2D eigenvalue weighted by Gasteiger charge is 2.15. The Labute approximate surface area is 127 Å². The fourth-order valence-corrected chi connectivity index (χ4v) is 2.11. The van der Waals surface area contributed by atoms with E-state index >= 15 is 0 Å². The molecule has 0 atom stereocenters. The van der Waals surface area contributed by atoms with E-state index in [0.717, 1.165) is 16.5 Å². The van der Waals surface area contributed by atoms with Crippen molar-refractivity contribution < 1.29 is 14.1 Å². The number of rotatable bonds is 3. The topological polar surface area (TPSA) is 125 Å². The molecule has 8 heteroatoms. The number of nitrogens with two attached hydrogens (primary N) is 3. The van der Waals surface area contributed by atoms with Crippen LogP contribution in [0.15, 0.2) is 34.5 Å². The summed E-state index contributed by atoms with van der Waals surface area (Å²) in [6.07, 6.45) is 1.76. The Morgan fingerprint density at radius 1 is 1.09 bits per heavy atom. The summed E-state index contributed by atoms with van der Waals surface area (Å²) in [5.74, 6) is 1.12. The van der Waals surface area contributed by atoms with Gasteiger partial charge in [0.2, 0.25) is 11.9 Å². The number of methoxy groups -OCH3 is 2. The molecule has 0 bridgehead atoms. The van der Waals surface area contributed by atoms with Gasteiger partial charge in [0.25, 0.3) is 5.96 Å². The van der Waals surface area contributed by atoms with Crippen LogP contribution < -0.4 is 31.4 Å².